The monoisotopic (exact) mass is 377 g/mol. The molecule has 1 aromatic carbocycles. The molecule has 0 bridgehead atoms. The number of rotatable bonds is 8. The number of amides is 4. The van der Waals surface area contributed by atoms with Gasteiger partial charge in [0.25, 0.3) is 5.91 Å². The van der Waals surface area contributed by atoms with Crippen molar-refractivity contribution in [3.8, 4) is 0 Å². The zero-order valence-corrected chi connectivity index (χ0v) is 16.3. The third-order valence-corrected chi connectivity index (χ3v) is 4.82. The van der Waals surface area contributed by atoms with E-state index in [2.05, 4.69) is 24.5 Å². The number of imide groups is 1. The Labute approximate surface area is 159 Å². The van der Waals surface area contributed by atoms with Gasteiger partial charge in [0.05, 0.1) is 0 Å². The van der Waals surface area contributed by atoms with E-state index < -0.39 is 23.3 Å². The molecule has 0 aromatic heterocycles. The van der Waals surface area contributed by atoms with Crippen LogP contribution in [0.1, 0.15) is 52.5 Å². The van der Waals surface area contributed by atoms with E-state index >= 15 is 0 Å². The minimum absolute atomic E-state index is 0.0273. The van der Waals surface area contributed by atoms with Gasteiger partial charge in [0.2, 0.25) is 5.91 Å². The highest BCUT2D eigenvalue weighted by Crippen LogP contribution is 2.28. The molecule has 2 N–H and O–H groups in total. The lowest BCUT2D eigenvalue weighted by Crippen LogP contribution is -2.45. The Morgan fingerprint density at radius 2 is 1.81 bits per heavy atom. The second kappa shape index (κ2) is 8.50. The van der Waals surface area contributed by atoms with Gasteiger partial charge in [0, 0.05) is 6.04 Å². The van der Waals surface area contributed by atoms with Gasteiger partial charge in [-0.05, 0) is 43.9 Å². The molecule has 1 aliphatic rings. The molecule has 7 heteroatoms. The van der Waals surface area contributed by atoms with Gasteiger partial charge in [-0.3, -0.25) is 14.5 Å². The lowest BCUT2D eigenvalue weighted by Gasteiger charge is -2.22. The summed E-state index contributed by atoms with van der Waals surface area (Å²) in [4.78, 5) is 38.2. The fourth-order valence-electron chi connectivity index (χ4n) is 3.19. The van der Waals surface area contributed by atoms with Crippen LogP contribution in [0.5, 0.6) is 0 Å². The van der Waals surface area contributed by atoms with Crippen molar-refractivity contribution in [2.45, 2.75) is 58.5 Å². The first-order valence-electron chi connectivity index (χ1n) is 9.33. The van der Waals surface area contributed by atoms with Crippen LogP contribution >= 0.6 is 0 Å². The van der Waals surface area contributed by atoms with Crippen LogP contribution in [0.25, 0.3) is 0 Å². The summed E-state index contributed by atoms with van der Waals surface area (Å²) in [5.41, 5.74) is -0.847. The molecule has 4 amide bonds. The standard InChI is InChI=1S/C20H28FN3O3/c1-13(2)6-5-7-14(3)22-17(25)12-24-18(26)20(4,23-19(24)27)15-8-10-16(21)11-9-15/h8-11,13-14H,5-7,12H2,1-4H3,(H,22,25)(H,23,27)/t14-,20+/m0/s1. The van der Waals surface area contributed by atoms with Gasteiger partial charge >= 0.3 is 6.03 Å². The Balaban J connectivity index is 1.96. The van der Waals surface area contributed by atoms with Crippen LogP contribution in [-0.2, 0) is 15.1 Å². The molecule has 6 nitrogen and oxygen atoms in total. The van der Waals surface area contributed by atoms with Crippen LogP contribution < -0.4 is 10.6 Å². The minimum atomic E-state index is -1.31. The second-order valence-electron chi connectivity index (χ2n) is 7.75. The molecule has 1 aliphatic heterocycles. The third-order valence-electron chi connectivity index (χ3n) is 4.82. The quantitative estimate of drug-likeness (QED) is 0.684. The molecule has 2 atom stereocenters. The third kappa shape index (κ3) is 5.05. The molecule has 27 heavy (non-hydrogen) atoms. The van der Waals surface area contributed by atoms with Crippen molar-refractivity contribution in [1.82, 2.24) is 15.5 Å². The molecule has 1 aromatic rings. The van der Waals surface area contributed by atoms with Crippen molar-refractivity contribution < 1.29 is 18.8 Å². The topological polar surface area (TPSA) is 78.5 Å². The number of benzene rings is 1. The lowest BCUT2D eigenvalue weighted by atomic mass is 9.92. The van der Waals surface area contributed by atoms with Gasteiger partial charge in [-0.2, -0.15) is 0 Å². The van der Waals surface area contributed by atoms with E-state index in [1.54, 1.807) is 6.92 Å². The van der Waals surface area contributed by atoms with Gasteiger partial charge in [-0.1, -0.05) is 38.8 Å². The van der Waals surface area contributed by atoms with Crippen molar-refractivity contribution in [3.63, 3.8) is 0 Å². The summed E-state index contributed by atoms with van der Waals surface area (Å²) in [6.07, 6.45) is 2.94. The number of nitrogens with one attached hydrogen (secondary N) is 2. The summed E-state index contributed by atoms with van der Waals surface area (Å²) >= 11 is 0. The molecule has 1 heterocycles. The molecular weight excluding hydrogens is 349 g/mol. The van der Waals surface area contributed by atoms with E-state index in [1.807, 2.05) is 6.92 Å². The highest BCUT2D eigenvalue weighted by atomic mass is 19.1. The fraction of sp³-hybridized carbons (Fsp3) is 0.550. The Hall–Kier alpha value is -2.44. The van der Waals surface area contributed by atoms with E-state index in [4.69, 9.17) is 0 Å². The van der Waals surface area contributed by atoms with Crippen molar-refractivity contribution in [1.29, 1.82) is 0 Å². The summed E-state index contributed by atoms with van der Waals surface area (Å²) in [6, 6.07) is 4.71. The van der Waals surface area contributed by atoms with E-state index in [-0.39, 0.29) is 18.5 Å². The van der Waals surface area contributed by atoms with Crippen molar-refractivity contribution in [2.75, 3.05) is 6.54 Å². The van der Waals surface area contributed by atoms with Gasteiger partial charge in [0.1, 0.15) is 17.9 Å². The average molecular weight is 377 g/mol. The van der Waals surface area contributed by atoms with Gasteiger partial charge < -0.3 is 10.6 Å². The summed E-state index contributed by atoms with van der Waals surface area (Å²) in [5.74, 6) is -0.717. The Morgan fingerprint density at radius 1 is 1.19 bits per heavy atom. The van der Waals surface area contributed by atoms with E-state index in [1.165, 1.54) is 24.3 Å². The molecule has 148 valence electrons. The number of carbonyl (C=O) groups is 3. The Bertz CT molecular complexity index is 705. The summed E-state index contributed by atoms with van der Waals surface area (Å²) in [7, 11) is 0. The van der Waals surface area contributed by atoms with E-state index in [0.717, 1.165) is 24.2 Å². The highest BCUT2D eigenvalue weighted by Gasteiger charge is 2.49. The second-order valence-corrected chi connectivity index (χ2v) is 7.75. The van der Waals surface area contributed by atoms with Crippen LogP contribution in [0, 0.1) is 11.7 Å². The lowest BCUT2D eigenvalue weighted by molar-refractivity contribution is -0.135. The van der Waals surface area contributed by atoms with Crippen molar-refractivity contribution in [2.24, 2.45) is 5.92 Å². The summed E-state index contributed by atoms with van der Waals surface area (Å²) in [6.45, 7) is 7.42. The summed E-state index contributed by atoms with van der Waals surface area (Å²) < 4.78 is 13.1. The number of hydrogen-bond donors (Lipinski definition) is 2. The SMILES string of the molecule is CC(C)CCC[C@H](C)NC(=O)CN1C(=O)N[C@](C)(c2ccc(F)cc2)C1=O. The van der Waals surface area contributed by atoms with Gasteiger partial charge in [-0.15, -0.1) is 0 Å². The number of nitrogens with zero attached hydrogens (tertiary/aromatic N) is 1. The molecule has 1 saturated heterocycles. The molecule has 2 rings (SSSR count). The number of carbonyl (C=O) groups excluding carboxylic acids is 3. The zero-order chi connectivity index (χ0) is 20.2. The van der Waals surface area contributed by atoms with Crippen molar-refractivity contribution >= 4 is 17.8 Å². The minimum Gasteiger partial charge on any atom is -0.352 e. The predicted molar refractivity (Wildman–Crippen MR) is 100 cm³/mol. The molecule has 0 radical (unpaired) electrons. The summed E-state index contributed by atoms with van der Waals surface area (Å²) in [5, 5.41) is 5.44. The Morgan fingerprint density at radius 3 is 2.41 bits per heavy atom. The zero-order valence-electron chi connectivity index (χ0n) is 16.3. The first kappa shape index (κ1) is 20.9. The van der Waals surface area contributed by atoms with E-state index in [0.29, 0.717) is 11.5 Å². The van der Waals surface area contributed by atoms with Crippen LogP contribution in [-0.4, -0.2) is 35.3 Å². The largest absolute Gasteiger partial charge is 0.352 e. The molecular formula is C20H28FN3O3. The molecule has 0 saturated carbocycles. The Kier molecular flexibility index (Phi) is 6.57. The number of hydrogen-bond acceptors (Lipinski definition) is 3. The first-order chi connectivity index (χ1) is 12.6. The van der Waals surface area contributed by atoms with Gasteiger partial charge in [-0.25, -0.2) is 9.18 Å². The maximum absolute atomic E-state index is 13.1. The molecule has 0 unspecified atom stereocenters. The van der Waals surface area contributed by atoms with E-state index in [9.17, 15) is 18.8 Å². The number of halogens is 1. The predicted octanol–water partition coefficient (Wildman–Crippen LogP) is 2.92. The highest BCUT2D eigenvalue weighted by molar-refractivity contribution is 6.09. The van der Waals surface area contributed by atoms with Crippen LogP contribution in [0.4, 0.5) is 9.18 Å². The van der Waals surface area contributed by atoms with Crippen molar-refractivity contribution in [3.05, 3.63) is 35.6 Å². The molecule has 0 spiro atoms. The molecule has 0 aliphatic carbocycles. The molecule has 1 fully saturated rings. The maximum atomic E-state index is 13.1. The first-order valence-corrected chi connectivity index (χ1v) is 9.33. The smallest absolute Gasteiger partial charge is 0.325 e. The maximum Gasteiger partial charge on any atom is 0.325 e. The van der Waals surface area contributed by atoms with Crippen LogP contribution in [0.15, 0.2) is 24.3 Å². The van der Waals surface area contributed by atoms with Crippen LogP contribution in [0.2, 0.25) is 0 Å². The fourth-order valence-corrected chi connectivity index (χ4v) is 3.19. The average Bonchev–Trinajstić information content (AvgIpc) is 2.79. The normalized spacial score (nSPS) is 20.7. The van der Waals surface area contributed by atoms with Crippen LogP contribution in [0.3, 0.4) is 0 Å². The van der Waals surface area contributed by atoms with Gasteiger partial charge in [0.15, 0.2) is 0 Å². The number of urea groups is 1.